The zero-order chi connectivity index (χ0) is 19.1. The first-order valence-corrected chi connectivity index (χ1v) is 10.9. The van der Waals surface area contributed by atoms with Crippen molar-refractivity contribution < 1.29 is 9.53 Å². The summed E-state index contributed by atoms with van der Waals surface area (Å²) in [6.45, 7) is 3.57. The molecular formula is C21H25ClN2O2S. The van der Waals surface area contributed by atoms with Crippen LogP contribution in [0.1, 0.15) is 27.5 Å². The number of rotatable bonds is 7. The van der Waals surface area contributed by atoms with Gasteiger partial charge in [0, 0.05) is 36.0 Å². The lowest BCUT2D eigenvalue weighted by atomic mass is 10.0. The third-order valence-electron chi connectivity index (χ3n) is 4.71. The van der Waals surface area contributed by atoms with Crippen LogP contribution in [0.4, 0.5) is 0 Å². The Morgan fingerprint density at radius 2 is 2.00 bits per heavy atom. The summed E-state index contributed by atoms with van der Waals surface area (Å²) in [5, 5.41) is 3.83. The molecule has 1 aliphatic heterocycles. The highest BCUT2D eigenvalue weighted by Crippen LogP contribution is 2.28. The largest absolute Gasteiger partial charge is 0.379 e. The Balaban J connectivity index is 1.73. The number of morpholine rings is 1. The minimum atomic E-state index is -0.0525. The molecule has 1 atom stereocenters. The lowest BCUT2D eigenvalue weighted by molar-refractivity contribution is 0.0162. The first kappa shape index (κ1) is 20.2. The Kier molecular flexibility index (Phi) is 7.59. The van der Waals surface area contributed by atoms with Gasteiger partial charge in [0.2, 0.25) is 0 Å². The van der Waals surface area contributed by atoms with Crippen molar-refractivity contribution in [2.45, 2.75) is 11.8 Å². The second kappa shape index (κ2) is 10.1. The van der Waals surface area contributed by atoms with Crippen molar-refractivity contribution in [3.05, 3.63) is 70.2 Å². The lowest BCUT2D eigenvalue weighted by Crippen LogP contribution is -2.44. The topological polar surface area (TPSA) is 41.6 Å². The van der Waals surface area contributed by atoms with Gasteiger partial charge in [0.15, 0.2) is 0 Å². The number of ether oxygens (including phenoxy) is 1. The molecule has 1 heterocycles. The Hall–Kier alpha value is -1.53. The normalized spacial score (nSPS) is 16.1. The summed E-state index contributed by atoms with van der Waals surface area (Å²) in [5.41, 5.74) is 2.89. The van der Waals surface area contributed by atoms with Gasteiger partial charge >= 0.3 is 0 Å². The van der Waals surface area contributed by atoms with Crippen LogP contribution < -0.4 is 5.32 Å². The molecule has 0 unspecified atom stereocenters. The number of nitrogens with zero attached hydrogens (tertiary/aromatic N) is 1. The summed E-state index contributed by atoms with van der Waals surface area (Å²) < 4.78 is 5.48. The van der Waals surface area contributed by atoms with Gasteiger partial charge in [0.05, 0.1) is 19.3 Å². The van der Waals surface area contributed by atoms with Gasteiger partial charge in [-0.05, 0) is 35.6 Å². The Morgan fingerprint density at radius 3 is 2.74 bits per heavy atom. The SMILES string of the molecule is CSCc1cccc(C(=O)NC[C@H](c2ccccc2Cl)N2CCOCC2)c1. The lowest BCUT2D eigenvalue weighted by Gasteiger charge is -2.35. The second-order valence-electron chi connectivity index (χ2n) is 6.53. The molecule has 2 aromatic rings. The molecule has 0 aromatic heterocycles. The average Bonchev–Trinajstić information content (AvgIpc) is 2.70. The molecule has 27 heavy (non-hydrogen) atoms. The number of nitrogens with one attached hydrogen (secondary N) is 1. The van der Waals surface area contributed by atoms with Crippen LogP contribution >= 0.6 is 23.4 Å². The van der Waals surface area contributed by atoms with E-state index in [4.69, 9.17) is 16.3 Å². The molecule has 4 nitrogen and oxygen atoms in total. The van der Waals surface area contributed by atoms with E-state index in [2.05, 4.69) is 16.5 Å². The highest BCUT2D eigenvalue weighted by Gasteiger charge is 2.25. The number of benzene rings is 2. The maximum Gasteiger partial charge on any atom is 0.251 e. The van der Waals surface area contributed by atoms with Crippen molar-refractivity contribution in [3.63, 3.8) is 0 Å². The molecule has 1 fully saturated rings. The minimum absolute atomic E-state index is 0.0286. The second-order valence-corrected chi connectivity index (χ2v) is 7.80. The first-order chi connectivity index (χ1) is 13.2. The number of carbonyl (C=O) groups excluding carboxylic acids is 1. The van der Waals surface area contributed by atoms with Gasteiger partial charge in [-0.15, -0.1) is 0 Å². The highest BCUT2D eigenvalue weighted by molar-refractivity contribution is 7.97. The standard InChI is InChI=1S/C21H25ClN2O2S/c1-27-15-16-5-4-6-17(13-16)21(25)23-14-20(24-9-11-26-12-10-24)18-7-2-3-8-19(18)22/h2-8,13,20H,9-12,14-15H2,1H3,(H,23,25)/t20-/m1/s1. The van der Waals surface area contributed by atoms with Gasteiger partial charge in [-0.25, -0.2) is 0 Å². The van der Waals surface area contributed by atoms with E-state index in [0.29, 0.717) is 25.3 Å². The molecule has 0 saturated carbocycles. The maximum atomic E-state index is 12.7. The molecule has 1 aliphatic rings. The fourth-order valence-electron chi connectivity index (χ4n) is 3.33. The van der Waals surface area contributed by atoms with Crippen molar-refractivity contribution in [2.75, 3.05) is 39.1 Å². The quantitative estimate of drug-likeness (QED) is 0.757. The molecule has 0 aliphatic carbocycles. The van der Waals surface area contributed by atoms with Gasteiger partial charge in [0.1, 0.15) is 0 Å². The van der Waals surface area contributed by atoms with Crippen LogP contribution in [0.2, 0.25) is 5.02 Å². The van der Waals surface area contributed by atoms with Crippen molar-refractivity contribution in [3.8, 4) is 0 Å². The molecule has 1 N–H and O–H groups in total. The van der Waals surface area contributed by atoms with Gasteiger partial charge < -0.3 is 10.1 Å². The monoisotopic (exact) mass is 404 g/mol. The predicted octanol–water partition coefficient (Wildman–Crippen LogP) is 4.01. The summed E-state index contributed by atoms with van der Waals surface area (Å²) in [5.74, 6) is 0.847. The maximum absolute atomic E-state index is 12.7. The van der Waals surface area contributed by atoms with E-state index in [1.807, 2.05) is 48.5 Å². The molecule has 1 saturated heterocycles. The van der Waals surface area contributed by atoms with Gasteiger partial charge in [0.25, 0.3) is 5.91 Å². The van der Waals surface area contributed by atoms with E-state index in [9.17, 15) is 4.79 Å². The number of halogens is 1. The number of hydrogen-bond donors (Lipinski definition) is 1. The first-order valence-electron chi connectivity index (χ1n) is 9.11. The highest BCUT2D eigenvalue weighted by atomic mass is 35.5. The molecule has 0 bridgehead atoms. The fourth-order valence-corrected chi connectivity index (χ4v) is 4.11. The molecule has 0 radical (unpaired) electrons. The molecule has 3 rings (SSSR count). The molecule has 1 amide bonds. The third-order valence-corrected chi connectivity index (χ3v) is 5.67. The molecule has 6 heteroatoms. The van der Waals surface area contributed by atoms with E-state index >= 15 is 0 Å². The summed E-state index contributed by atoms with van der Waals surface area (Å²) in [4.78, 5) is 15.0. The molecule has 144 valence electrons. The van der Waals surface area contributed by atoms with E-state index in [1.54, 1.807) is 11.8 Å². The molecular weight excluding hydrogens is 380 g/mol. The van der Waals surface area contributed by atoms with Gasteiger partial charge in [-0.3, -0.25) is 9.69 Å². The molecule has 0 spiro atoms. The van der Waals surface area contributed by atoms with Crippen LogP contribution in [0.5, 0.6) is 0 Å². The summed E-state index contributed by atoms with van der Waals surface area (Å²) >= 11 is 8.20. The number of amides is 1. The smallest absolute Gasteiger partial charge is 0.251 e. The Morgan fingerprint density at radius 1 is 1.22 bits per heavy atom. The van der Waals surface area contributed by atoms with E-state index < -0.39 is 0 Å². The van der Waals surface area contributed by atoms with Crippen molar-refractivity contribution in [1.82, 2.24) is 10.2 Å². The van der Waals surface area contributed by atoms with E-state index in [-0.39, 0.29) is 11.9 Å². The van der Waals surface area contributed by atoms with Crippen molar-refractivity contribution >= 4 is 29.3 Å². The van der Waals surface area contributed by atoms with Crippen LogP contribution in [0.15, 0.2) is 48.5 Å². The van der Waals surface area contributed by atoms with Crippen LogP contribution in [-0.4, -0.2) is 49.9 Å². The Labute approximate surface area is 170 Å². The number of carbonyl (C=O) groups is 1. The summed E-state index contributed by atoms with van der Waals surface area (Å²) in [6, 6.07) is 15.7. The van der Waals surface area contributed by atoms with Crippen LogP contribution in [0.25, 0.3) is 0 Å². The molecule has 2 aromatic carbocycles. The van der Waals surface area contributed by atoms with Crippen molar-refractivity contribution in [1.29, 1.82) is 0 Å². The fraction of sp³-hybridized carbons (Fsp3) is 0.381. The number of thioether (sulfide) groups is 1. The zero-order valence-corrected chi connectivity index (χ0v) is 17.1. The van der Waals surface area contributed by atoms with Gasteiger partial charge in [-0.2, -0.15) is 11.8 Å². The van der Waals surface area contributed by atoms with Gasteiger partial charge in [-0.1, -0.05) is 41.9 Å². The van der Waals surface area contributed by atoms with Crippen molar-refractivity contribution in [2.24, 2.45) is 0 Å². The average molecular weight is 405 g/mol. The number of hydrogen-bond acceptors (Lipinski definition) is 4. The zero-order valence-electron chi connectivity index (χ0n) is 15.5. The summed E-state index contributed by atoms with van der Waals surface area (Å²) in [7, 11) is 0. The van der Waals surface area contributed by atoms with Crippen LogP contribution in [-0.2, 0) is 10.5 Å². The third kappa shape index (κ3) is 5.48. The van der Waals surface area contributed by atoms with E-state index in [0.717, 1.165) is 35.0 Å². The van der Waals surface area contributed by atoms with E-state index in [1.165, 1.54) is 0 Å². The predicted molar refractivity (Wildman–Crippen MR) is 113 cm³/mol. The minimum Gasteiger partial charge on any atom is -0.379 e. The Bertz CT molecular complexity index is 765. The van der Waals surface area contributed by atoms with Crippen LogP contribution in [0, 0.1) is 0 Å². The van der Waals surface area contributed by atoms with Crippen LogP contribution in [0.3, 0.4) is 0 Å². The summed E-state index contributed by atoms with van der Waals surface area (Å²) in [6.07, 6.45) is 2.06.